The molecule has 0 heterocycles. The summed E-state index contributed by atoms with van der Waals surface area (Å²) in [6, 6.07) is 5.73. The first-order chi connectivity index (χ1) is 7.72. The molecule has 0 radical (unpaired) electrons. The van der Waals surface area contributed by atoms with Gasteiger partial charge in [-0.05, 0) is 24.3 Å². The molecule has 0 atom stereocenters. The summed E-state index contributed by atoms with van der Waals surface area (Å²) < 4.78 is 48.6. The Balaban J connectivity index is 2.82. The fourth-order valence-corrected chi connectivity index (χ4v) is 2.30. The van der Waals surface area contributed by atoms with Crippen LogP contribution in [0.1, 0.15) is 0 Å². The standard InChI is InChI=1S/C8H11ClN2O4S2/c1-16(12,13)10-7-2-4-8(5-3-7)11-17(14,15)6-9/h2-5,10-11H,6H2,1H3. The maximum absolute atomic E-state index is 11.1. The Hall–Kier alpha value is -0.990. The van der Waals surface area contributed by atoms with Gasteiger partial charge in [0, 0.05) is 11.4 Å². The van der Waals surface area contributed by atoms with E-state index in [1.807, 2.05) is 0 Å². The van der Waals surface area contributed by atoms with E-state index >= 15 is 0 Å². The van der Waals surface area contributed by atoms with Crippen LogP contribution in [-0.4, -0.2) is 28.3 Å². The molecule has 1 rings (SSSR count). The lowest BCUT2D eigenvalue weighted by Crippen LogP contribution is -2.13. The van der Waals surface area contributed by atoms with Crippen LogP contribution in [0.5, 0.6) is 0 Å². The van der Waals surface area contributed by atoms with Gasteiger partial charge in [-0.1, -0.05) is 0 Å². The Labute approximate surface area is 105 Å². The normalized spacial score (nSPS) is 12.1. The number of benzene rings is 1. The Morgan fingerprint density at radius 3 is 1.76 bits per heavy atom. The largest absolute Gasteiger partial charge is 0.284 e. The summed E-state index contributed by atoms with van der Waals surface area (Å²) in [5.74, 6) is 0. The average molecular weight is 299 g/mol. The zero-order valence-corrected chi connectivity index (χ0v) is 11.2. The number of nitrogens with one attached hydrogen (secondary N) is 2. The van der Waals surface area contributed by atoms with Crippen LogP contribution in [0.2, 0.25) is 0 Å². The van der Waals surface area contributed by atoms with Gasteiger partial charge in [-0.25, -0.2) is 16.8 Å². The van der Waals surface area contributed by atoms with Crippen LogP contribution in [0.3, 0.4) is 0 Å². The third-order valence-electron chi connectivity index (χ3n) is 1.61. The van der Waals surface area contributed by atoms with Crippen LogP contribution in [-0.2, 0) is 20.0 Å². The van der Waals surface area contributed by atoms with Gasteiger partial charge in [-0.3, -0.25) is 9.44 Å². The van der Waals surface area contributed by atoms with Crippen LogP contribution >= 0.6 is 11.6 Å². The van der Waals surface area contributed by atoms with Crippen molar-refractivity contribution in [2.75, 3.05) is 20.9 Å². The predicted octanol–water partition coefficient (Wildman–Crippen LogP) is 0.996. The van der Waals surface area contributed by atoms with Crippen molar-refractivity contribution in [2.45, 2.75) is 0 Å². The van der Waals surface area contributed by atoms with Crippen molar-refractivity contribution in [1.29, 1.82) is 0 Å². The molecule has 0 bridgehead atoms. The van der Waals surface area contributed by atoms with Gasteiger partial charge in [0.25, 0.3) is 0 Å². The van der Waals surface area contributed by atoms with E-state index in [4.69, 9.17) is 11.6 Å². The molecule has 0 aliphatic rings. The summed E-state index contributed by atoms with van der Waals surface area (Å²) in [5, 5.41) is -0.545. The van der Waals surface area contributed by atoms with E-state index in [0.29, 0.717) is 11.4 Å². The van der Waals surface area contributed by atoms with Gasteiger partial charge in [0.05, 0.1) is 6.26 Å². The van der Waals surface area contributed by atoms with Crippen LogP contribution < -0.4 is 9.44 Å². The zero-order chi connectivity index (χ0) is 13.1. The minimum absolute atomic E-state index is 0.310. The van der Waals surface area contributed by atoms with E-state index in [2.05, 4.69) is 9.44 Å². The Kier molecular flexibility index (Phi) is 4.23. The van der Waals surface area contributed by atoms with E-state index in [1.165, 1.54) is 24.3 Å². The van der Waals surface area contributed by atoms with Gasteiger partial charge in [0.15, 0.2) is 0 Å². The molecule has 0 fully saturated rings. The van der Waals surface area contributed by atoms with Gasteiger partial charge in [-0.15, -0.1) is 11.6 Å². The molecule has 0 aliphatic heterocycles. The molecular formula is C8H11ClN2O4S2. The second-order valence-corrected chi connectivity index (χ2v) is 7.33. The third-order valence-corrected chi connectivity index (χ3v) is 3.91. The van der Waals surface area contributed by atoms with E-state index in [9.17, 15) is 16.8 Å². The molecule has 6 nitrogen and oxygen atoms in total. The monoisotopic (exact) mass is 298 g/mol. The lowest BCUT2D eigenvalue weighted by Gasteiger charge is -2.07. The number of sulfonamides is 2. The Morgan fingerprint density at radius 2 is 1.41 bits per heavy atom. The first-order valence-corrected chi connectivity index (χ1v) is 8.44. The highest BCUT2D eigenvalue weighted by atomic mass is 35.5. The summed E-state index contributed by atoms with van der Waals surface area (Å²) in [4.78, 5) is 0. The van der Waals surface area contributed by atoms with Gasteiger partial charge in [0.1, 0.15) is 5.21 Å². The van der Waals surface area contributed by atoms with Gasteiger partial charge in [-0.2, -0.15) is 0 Å². The molecule has 96 valence electrons. The lowest BCUT2D eigenvalue weighted by molar-refractivity contribution is 0.604. The smallest absolute Gasteiger partial charge is 0.246 e. The quantitative estimate of drug-likeness (QED) is 0.793. The number of alkyl halides is 1. The molecular weight excluding hydrogens is 288 g/mol. The summed E-state index contributed by atoms with van der Waals surface area (Å²) in [7, 11) is -6.88. The van der Waals surface area contributed by atoms with Crippen LogP contribution in [0.25, 0.3) is 0 Å². The fraction of sp³-hybridized carbons (Fsp3) is 0.250. The van der Waals surface area contributed by atoms with Crippen molar-refractivity contribution < 1.29 is 16.8 Å². The average Bonchev–Trinajstić information content (AvgIpc) is 2.19. The molecule has 1 aromatic rings. The molecule has 0 spiro atoms. The fourth-order valence-electron chi connectivity index (χ4n) is 1.03. The number of rotatable bonds is 5. The minimum Gasteiger partial charge on any atom is -0.284 e. The third kappa shape index (κ3) is 5.24. The number of hydrogen-bond acceptors (Lipinski definition) is 4. The summed E-state index contributed by atoms with van der Waals surface area (Å²) in [6.07, 6.45) is 1.02. The first-order valence-electron chi connectivity index (χ1n) is 4.36. The van der Waals surface area contributed by atoms with Crippen LogP contribution in [0, 0.1) is 0 Å². The predicted molar refractivity (Wildman–Crippen MR) is 68.2 cm³/mol. The van der Waals surface area contributed by atoms with E-state index in [0.717, 1.165) is 6.26 Å². The SMILES string of the molecule is CS(=O)(=O)Nc1ccc(NS(=O)(=O)CCl)cc1. The van der Waals surface area contributed by atoms with Crippen molar-refractivity contribution >= 4 is 43.0 Å². The molecule has 0 unspecified atom stereocenters. The van der Waals surface area contributed by atoms with E-state index in [-0.39, 0.29) is 0 Å². The van der Waals surface area contributed by atoms with Crippen molar-refractivity contribution in [3.05, 3.63) is 24.3 Å². The topological polar surface area (TPSA) is 92.3 Å². The van der Waals surface area contributed by atoms with Crippen molar-refractivity contribution in [1.82, 2.24) is 0 Å². The molecule has 0 saturated carbocycles. The number of anilines is 2. The Bertz CT molecular complexity index is 580. The zero-order valence-electron chi connectivity index (χ0n) is 8.84. The highest BCUT2D eigenvalue weighted by molar-refractivity contribution is 7.93. The summed E-state index contributed by atoms with van der Waals surface area (Å²) in [5.41, 5.74) is 0.658. The molecule has 0 saturated heterocycles. The van der Waals surface area contributed by atoms with E-state index in [1.54, 1.807) is 0 Å². The summed E-state index contributed by atoms with van der Waals surface area (Å²) in [6.45, 7) is 0. The van der Waals surface area contributed by atoms with Crippen LogP contribution in [0.4, 0.5) is 11.4 Å². The second-order valence-electron chi connectivity index (χ2n) is 3.28. The Morgan fingerprint density at radius 1 is 1.00 bits per heavy atom. The molecule has 1 aromatic carbocycles. The van der Waals surface area contributed by atoms with Gasteiger partial charge >= 0.3 is 0 Å². The van der Waals surface area contributed by atoms with Gasteiger partial charge in [0.2, 0.25) is 20.0 Å². The first kappa shape index (κ1) is 14.1. The van der Waals surface area contributed by atoms with E-state index < -0.39 is 25.3 Å². The molecule has 0 amide bonds. The highest BCUT2D eigenvalue weighted by Gasteiger charge is 2.08. The molecule has 0 aromatic heterocycles. The maximum Gasteiger partial charge on any atom is 0.246 e. The molecule has 9 heteroatoms. The van der Waals surface area contributed by atoms with Crippen molar-refractivity contribution in [2.24, 2.45) is 0 Å². The number of halogens is 1. The summed E-state index contributed by atoms with van der Waals surface area (Å²) >= 11 is 5.22. The lowest BCUT2D eigenvalue weighted by atomic mass is 10.3. The van der Waals surface area contributed by atoms with Crippen molar-refractivity contribution in [3.63, 3.8) is 0 Å². The molecule has 2 N–H and O–H groups in total. The van der Waals surface area contributed by atoms with Crippen LogP contribution in [0.15, 0.2) is 24.3 Å². The number of hydrogen-bond donors (Lipinski definition) is 2. The highest BCUT2D eigenvalue weighted by Crippen LogP contribution is 2.15. The van der Waals surface area contributed by atoms with Crippen molar-refractivity contribution in [3.8, 4) is 0 Å². The maximum atomic E-state index is 11.1. The molecule has 0 aliphatic carbocycles. The minimum atomic E-state index is -3.54. The molecule has 17 heavy (non-hydrogen) atoms. The van der Waals surface area contributed by atoms with Gasteiger partial charge < -0.3 is 0 Å². The second kappa shape index (κ2) is 5.11.